The van der Waals surface area contributed by atoms with Crippen molar-refractivity contribution in [3.63, 3.8) is 0 Å². The van der Waals surface area contributed by atoms with Crippen molar-refractivity contribution in [1.82, 2.24) is 10.2 Å². The summed E-state index contributed by atoms with van der Waals surface area (Å²) in [5.74, 6) is 0.711. The van der Waals surface area contributed by atoms with Crippen molar-refractivity contribution >= 4 is 11.8 Å². The summed E-state index contributed by atoms with van der Waals surface area (Å²) in [4.78, 5) is 25.3. The number of hydrogen-bond acceptors (Lipinski definition) is 3. The average molecular weight is 276 g/mol. The molecule has 0 unspecified atom stereocenters. The Bertz CT molecular complexity index is 482. The van der Waals surface area contributed by atoms with Gasteiger partial charge in [0.25, 0.3) is 5.91 Å². The molecule has 0 aliphatic carbocycles. The third-order valence-corrected chi connectivity index (χ3v) is 3.07. The second-order valence-corrected chi connectivity index (χ2v) is 5.08. The maximum atomic E-state index is 12.3. The summed E-state index contributed by atoms with van der Waals surface area (Å²) >= 11 is 0. The summed E-state index contributed by atoms with van der Waals surface area (Å²) in [5.41, 5.74) is 0.621. The molecule has 20 heavy (non-hydrogen) atoms. The van der Waals surface area contributed by atoms with E-state index in [1.165, 1.54) is 0 Å². The van der Waals surface area contributed by atoms with Gasteiger partial charge in [0, 0.05) is 31.6 Å². The Morgan fingerprint density at radius 3 is 2.60 bits per heavy atom. The van der Waals surface area contributed by atoms with Crippen LogP contribution >= 0.6 is 0 Å². The van der Waals surface area contributed by atoms with E-state index in [0.717, 1.165) is 5.75 Å². The minimum atomic E-state index is -0.0439. The Balaban J connectivity index is 2.03. The molecule has 2 amide bonds. The number of ether oxygens (including phenoxy) is 1. The molecule has 0 radical (unpaired) electrons. The topological polar surface area (TPSA) is 58.6 Å². The molecule has 1 heterocycles. The molecule has 0 spiro atoms. The van der Waals surface area contributed by atoms with E-state index in [1.807, 2.05) is 13.8 Å². The fourth-order valence-electron chi connectivity index (χ4n) is 2.10. The van der Waals surface area contributed by atoms with Gasteiger partial charge < -0.3 is 15.0 Å². The number of nitrogens with zero attached hydrogens (tertiary/aromatic N) is 1. The van der Waals surface area contributed by atoms with Crippen LogP contribution in [0.4, 0.5) is 0 Å². The zero-order valence-electron chi connectivity index (χ0n) is 11.9. The number of nitrogens with one attached hydrogen (secondary N) is 1. The summed E-state index contributed by atoms with van der Waals surface area (Å²) in [5, 5.41) is 2.76. The number of carbonyl (C=O) groups is 2. The van der Waals surface area contributed by atoms with Crippen LogP contribution in [0.25, 0.3) is 0 Å². The van der Waals surface area contributed by atoms with E-state index in [0.29, 0.717) is 31.6 Å². The highest BCUT2D eigenvalue weighted by Crippen LogP contribution is 2.15. The van der Waals surface area contributed by atoms with Crippen LogP contribution in [0.5, 0.6) is 5.75 Å². The molecule has 1 N–H and O–H groups in total. The van der Waals surface area contributed by atoms with Gasteiger partial charge in [-0.2, -0.15) is 0 Å². The highest BCUT2D eigenvalue weighted by Gasteiger charge is 2.19. The Morgan fingerprint density at radius 1 is 1.25 bits per heavy atom. The van der Waals surface area contributed by atoms with Crippen molar-refractivity contribution < 1.29 is 14.3 Å². The van der Waals surface area contributed by atoms with Gasteiger partial charge in [-0.05, 0) is 38.1 Å². The number of hydrogen-bond donors (Lipinski definition) is 1. The Morgan fingerprint density at radius 2 is 1.95 bits per heavy atom. The monoisotopic (exact) mass is 276 g/mol. The van der Waals surface area contributed by atoms with Crippen LogP contribution in [0.2, 0.25) is 0 Å². The standard InChI is InChI=1S/C15H20N2O3/c1-11(2)20-13-5-3-12(4-6-13)15(19)17-9-7-14(18)16-8-10-17/h3-6,11H,7-10H2,1-2H3,(H,16,18). The normalized spacial score (nSPS) is 15.8. The quantitative estimate of drug-likeness (QED) is 0.908. The van der Waals surface area contributed by atoms with Gasteiger partial charge in [0.15, 0.2) is 0 Å². The Labute approximate surface area is 118 Å². The van der Waals surface area contributed by atoms with E-state index in [9.17, 15) is 9.59 Å². The molecule has 0 aromatic heterocycles. The fraction of sp³-hybridized carbons (Fsp3) is 0.467. The first kappa shape index (κ1) is 14.4. The number of benzene rings is 1. The molecule has 1 saturated heterocycles. The molecule has 1 aromatic carbocycles. The second-order valence-electron chi connectivity index (χ2n) is 5.08. The molecule has 0 bridgehead atoms. The predicted molar refractivity (Wildman–Crippen MR) is 75.7 cm³/mol. The second kappa shape index (κ2) is 6.41. The van der Waals surface area contributed by atoms with Crippen molar-refractivity contribution in [2.75, 3.05) is 19.6 Å². The molecule has 1 aromatic rings. The zero-order chi connectivity index (χ0) is 14.5. The number of amides is 2. The van der Waals surface area contributed by atoms with Gasteiger partial charge in [-0.25, -0.2) is 0 Å². The third-order valence-electron chi connectivity index (χ3n) is 3.07. The van der Waals surface area contributed by atoms with E-state index >= 15 is 0 Å². The first-order chi connectivity index (χ1) is 9.56. The SMILES string of the molecule is CC(C)Oc1ccc(C(=O)N2CCNC(=O)CC2)cc1. The van der Waals surface area contributed by atoms with E-state index in [-0.39, 0.29) is 17.9 Å². The van der Waals surface area contributed by atoms with Crippen LogP contribution in [-0.2, 0) is 4.79 Å². The van der Waals surface area contributed by atoms with E-state index in [1.54, 1.807) is 29.2 Å². The lowest BCUT2D eigenvalue weighted by Gasteiger charge is -2.19. The van der Waals surface area contributed by atoms with Gasteiger partial charge in [0.05, 0.1) is 6.10 Å². The predicted octanol–water partition coefficient (Wildman–Crippen LogP) is 1.44. The van der Waals surface area contributed by atoms with Crippen LogP contribution < -0.4 is 10.1 Å². The summed E-state index contributed by atoms with van der Waals surface area (Å²) in [7, 11) is 0. The van der Waals surface area contributed by atoms with Crippen LogP contribution in [0.3, 0.4) is 0 Å². The van der Waals surface area contributed by atoms with E-state index in [4.69, 9.17) is 4.74 Å². The van der Waals surface area contributed by atoms with Crippen molar-refractivity contribution in [3.05, 3.63) is 29.8 Å². The molecule has 5 heteroatoms. The lowest BCUT2D eigenvalue weighted by atomic mass is 10.2. The van der Waals surface area contributed by atoms with Gasteiger partial charge >= 0.3 is 0 Å². The summed E-state index contributed by atoms with van der Waals surface area (Å²) < 4.78 is 5.55. The molecule has 2 rings (SSSR count). The van der Waals surface area contributed by atoms with Gasteiger partial charge in [-0.15, -0.1) is 0 Å². The summed E-state index contributed by atoms with van der Waals surface area (Å²) in [6, 6.07) is 7.13. The molecule has 1 aliphatic heterocycles. The summed E-state index contributed by atoms with van der Waals surface area (Å²) in [6.07, 6.45) is 0.472. The smallest absolute Gasteiger partial charge is 0.253 e. The maximum absolute atomic E-state index is 12.3. The van der Waals surface area contributed by atoms with Gasteiger partial charge in [-0.1, -0.05) is 0 Å². The summed E-state index contributed by atoms with van der Waals surface area (Å²) in [6.45, 7) is 5.45. The Kier molecular flexibility index (Phi) is 4.61. The van der Waals surface area contributed by atoms with Gasteiger partial charge in [-0.3, -0.25) is 9.59 Å². The molecular weight excluding hydrogens is 256 g/mol. The first-order valence-electron chi connectivity index (χ1n) is 6.89. The van der Waals surface area contributed by atoms with Crippen LogP contribution in [0.1, 0.15) is 30.6 Å². The molecule has 1 aliphatic rings. The van der Waals surface area contributed by atoms with Crippen molar-refractivity contribution in [2.45, 2.75) is 26.4 Å². The van der Waals surface area contributed by atoms with Crippen LogP contribution in [0.15, 0.2) is 24.3 Å². The lowest BCUT2D eigenvalue weighted by Crippen LogP contribution is -2.34. The first-order valence-corrected chi connectivity index (χ1v) is 6.89. The maximum Gasteiger partial charge on any atom is 0.253 e. The van der Waals surface area contributed by atoms with E-state index in [2.05, 4.69) is 5.32 Å². The van der Waals surface area contributed by atoms with E-state index < -0.39 is 0 Å². The van der Waals surface area contributed by atoms with Crippen LogP contribution in [-0.4, -0.2) is 42.5 Å². The van der Waals surface area contributed by atoms with Crippen molar-refractivity contribution in [1.29, 1.82) is 0 Å². The molecule has 1 fully saturated rings. The zero-order valence-corrected chi connectivity index (χ0v) is 11.9. The molecular formula is C15H20N2O3. The highest BCUT2D eigenvalue weighted by molar-refractivity contribution is 5.94. The molecule has 0 atom stereocenters. The molecule has 5 nitrogen and oxygen atoms in total. The van der Waals surface area contributed by atoms with Crippen molar-refractivity contribution in [2.24, 2.45) is 0 Å². The van der Waals surface area contributed by atoms with Crippen LogP contribution in [0, 0.1) is 0 Å². The molecule has 108 valence electrons. The fourth-order valence-corrected chi connectivity index (χ4v) is 2.10. The van der Waals surface area contributed by atoms with Gasteiger partial charge in [0.2, 0.25) is 5.91 Å². The average Bonchev–Trinajstić information content (AvgIpc) is 2.63. The third kappa shape index (κ3) is 3.73. The largest absolute Gasteiger partial charge is 0.491 e. The van der Waals surface area contributed by atoms with Gasteiger partial charge in [0.1, 0.15) is 5.75 Å². The highest BCUT2D eigenvalue weighted by atomic mass is 16.5. The number of carbonyl (C=O) groups excluding carboxylic acids is 2. The minimum Gasteiger partial charge on any atom is -0.491 e. The minimum absolute atomic E-state index is 0.000909. The molecule has 0 saturated carbocycles. The lowest BCUT2D eigenvalue weighted by molar-refractivity contribution is -0.120. The number of rotatable bonds is 3. The Hall–Kier alpha value is -2.04. The van der Waals surface area contributed by atoms with Crippen molar-refractivity contribution in [3.8, 4) is 5.75 Å².